The molecule has 0 saturated carbocycles. The van der Waals surface area contributed by atoms with Crippen LogP contribution in [0.5, 0.6) is 5.88 Å². The molecule has 6 nitrogen and oxygen atoms in total. The summed E-state index contributed by atoms with van der Waals surface area (Å²) in [6, 6.07) is 7.42. The molecule has 1 saturated heterocycles. The van der Waals surface area contributed by atoms with Gasteiger partial charge in [-0.3, -0.25) is 9.59 Å². The molecule has 3 rings (SSSR count). The van der Waals surface area contributed by atoms with Gasteiger partial charge in [-0.2, -0.15) is 13.2 Å². The summed E-state index contributed by atoms with van der Waals surface area (Å²) in [6.45, 7) is 5.02. The Morgan fingerprint density at radius 3 is 1.83 bits per heavy atom. The first-order valence-corrected chi connectivity index (χ1v) is 9.53. The molecule has 1 aliphatic heterocycles. The van der Waals surface area contributed by atoms with Crippen molar-refractivity contribution in [3.63, 3.8) is 0 Å². The maximum absolute atomic E-state index is 12.7. The second kappa shape index (κ2) is 8.73. The third-order valence-electron chi connectivity index (χ3n) is 4.65. The zero-order valence-electron chi connectivity index (χ0n) is 16.6. The van der Waals surface area contributed by atoms with E-state index in [0.29, 0.717) is 37.6 Å². The molecular formula is C21H22F3N3O3. The van der Waals surface area contributed by atoms with E-state index in [-0.39, 0.29) is 23.5 Å². The Morgan fingerprint density at radius 1 is 0.900 bits per heavy atom. The molecule has 0 spiro atoms. The van der Waals surface area contributed by atoms with E-state index in [1.807, 2.05) is 13.8 Å². The molecule has 30 heavy (non-hydrogen) atoms. The fourth-order valence-electron chi connectivity index (χ4n) is 3.10. The van der Waals surface area contributed by atoms with E-state index in [0.717, 1.165) is 12.1 Å². The maximum Gasteiger partial charge on any atom is 0.416 e. The van der Waals surface area contributed by atoms with E-state index in [9.17, 15) is 22.8 Å². The highest BCUT2D eigenvalue weighted by atomic mass is 19.4. The lowest BCUT2D eigenvalue weighted by atomic mass is 10.1. The Bertz CT molecular complexity index is 888. The Labute approximate surface area is 172 Å². The molecule has 0 radical (unpaired) electrons. The number of hydrogen-bond donors (Lipinski definition) is 0. The number of hydrogen-bond acceptors (Lipinski definition) is 4. The lowest BCUT2D eigenvalue weighted by molar-refractivity contribution is -0.137. The van der Waals surface area contributed by atoms with Gasteiger partial charge < -0.3 is 14.5 Å². The third kappa shape index (κ3) is 5.08. The van der Waals surface area contributed by atoms with Gasteiger partial charge in [-0.1, -0.05) is 0 Å². The van der Waals surface area contributed by atoms with Crippen LogP contribution < -0.4 is 4.74 Å². The fraction of sp³-hybridized carbons (Fsp3) is 0.381. The van der Waals surface area contributed by atoms with Gasteiger partial charge in [0.1, 0.15) is 0 Å². The average molecular weight is 421 g/mol. The molecule has 0 aliphatic carbocycles. The summed E-state index contributed by atoms with van der Waals surface area (Å²) in [4.78, 5) is 32.5. The van der Waals surface area contributed by atoms with Crippen LogP contribution in [-0.2, 0) is 6.18 Å². The van der Waals surface area contributed by atoms with Crippen molar-refractivity contribution in [1.82, 2.24) is 14.8 Å². The van der Waals surface area contributed by atoms with Crippen LogP contribution in [0.4, 0.5) is 13.2 Å². The number of benzene rings is 1. The zero-order chi connectivity index (χ0) is 21.9. The average Bonchev–Trinajstić information content (AvgIpc) is 2.72. The number of nitrogens with zero attached hydrogens (tertiary/aromatic N) is 3. The Balaban J connectivity index is 1.57. The van der Waals surface area contributed by atoms with E-state index in [2.05, 4.69) is 4.98 Å². The summed E-state index contributed by atoms with van der Waals surface area (Å²) in [5.74, 6) is -0.110. The molecule has 0 N–H and O–H groups in total. The van der Waals surface area contributed by atoms with Crippen molar-refractivity contribution in [2.24, 2.45) is 0 Å². The minimum Gasteiger partial charge on any atom is -0.475 e. The van der Waals surface area contributed by atoms with Crippen LogP contribution in [0.2, 0.25) is 0 Å². The lowest BCUT2D eigenvalue weighted by Crippen LogP contribution is -2.50. The second-order valence-corrected chi connectivity index (χ2v) is 7.21. The molecular weight excluding hydrogens is 399 g/mol. The Hall–Kier alpha value is -3.10. The number of alkyl halides is 3. The van der Waals surface area contributed by atoms with Gasteiger partial charge in [-0.05, 0) is 44.2 Å². The number of halogens is 3. The van der Waals surface area contributed by atoms with Crippen LogP contribution in [0.15, 0.2) is 42.6 Å². The number of amides is 2. The summed E-state index contributed by atoms with van der Waals surface area (Å²) in [5.41, 5.74) is -0.186. The van der Waals surface area contributed by atoms with Crippen LogP contribution >= 0.6 is 0 Å². The van der Waals surface area contributed by atoms with E-state index < -0.39 is 11.7 Å². The second-order valence-electron chi connectivity index (χ2n) is 7.21. The molecule has 2 aromatic rings. The van der Waals surface area contributed by atoms with Crippen molar-refractivity contribution in [3.8, 4) is 5.88 Å². The number of carbonyl (C=O) groups excluding carboxylic acids is 2. The van der Waals surface area contributed by atoms with Crippen molar-refractivity contribution in [3.05, 3.63) is 59.3 Å². The monoisotopic (exact) mass is 421 g/mol. The fourth-order valence-corrected chi connectivity index (χ4v) is 3.10. The molecule has 1 aromatic heterocycles. The van der Waals surface area contributed by atoms with Crippen LogP contribution in [-0.4, -0.2) is 58.9 Å². The smallest absolute Gasteiger partial charge is 0.416 e. The molecule has 0 unspecified atom stereocenters. The summed E-state index contributed by atoms with van der Waals surface area (Å²) in [6.07, 6.45) is -3.00. The van der Waals surface area contributed by atoms with Gasteiger partial charge in [0.2, 0.25) is 5.88 Å². The number of carbonyl (C=O) groups is 2. The zero-order valence-corrected chi connectivity index (χ0v) is 16.6. The number of aromatic nitrogens is 1. The van der Waals surface area contributed by atoms with Crippen molar-refractivity contribution in [2.75, 3.05) is 26.2 Å². The molecule has 2 amide bonds. The predicted molar refractivity (Wildman–Crippen MR) is 103 cm³/mol. The summed E-state index contributed by atoms with van der Waals surface area (Å²) in [7, 11) is 0. The first-order valence-electron chi connectivity index (χ1n) is 9.53. The van der Waals surface area contributed by atoms with Crippen molar-refractivity contribution >= 4 is 11.8 Å². The third-order valence-corrected chi connectivity index (χ3v) is 4.65. The molecule has 160 valence electrons. The van der Waals surface area contributed by atoms with Gasteiger partial charge in [-0.15, -0.1) is 0 Å². The molecule has 9 heteroatoms. The molecule has 2 heterocycles. The first kappa shape index (κ1) is 21.6. The lowest BCUT2D eigenvalue weighted by Gasteiger charge is -2.34. The van der Waals surface area contributed by atoms with E-state index in [1.165, 1.54) is 23.2 Å². The summed E-state index contributed by atoms with van der Waals surface area (Å²) < 4.78 is 43.5. The normalized spacial score (nSPS) is 14.7. The molecule has 1 aromatic carbocycles. The minimum absolute atomic E-state index is 0.0191. The minimum atomic E-state index is -4.44. The maximum atomic E-state index is 12.7. The summed E-state index contributed by atoms with van der Waals surface area (Å²) >= 11 is 0. The van der Waals surface area contributed by atoms with Crippen LogP contribution in [0.3, 0.4) is 0 Å². The van der Waals surface area contributed by atoms with Crippen LogP contribution in [0.25, 0.3) is 0 Å². The molecule has 1 aliphatic rings. The Kier molecular flexibility index (Phi) is 6.28. The number of pyridine rings is 1. The van der Waals surface area contributed by atoms with Gasteiger partial charge in [0, 0.05) is 44.0 Å². The standard InChI is InChI=1S/C21H22F3N3O3/c1-14(2)30-18-8-5-16(13-25-18)20(29)27-11-9-26(10-12-27)19(28)15-3-6-17(7-4-15)21(22,23)24/h3-8,13-14H,9-12H2,1-2H3. The van der Waals surface area contributed by atoms with Gasteiger partial charge >= 0.3 is 6.18 Å². The highest BCUT2D eigenvalue weighted by Gasteiger charge is 2.31. The predicted octanol–water partition coefficient (Wildman–Crippen LogP) is 3.49. The largest absolute Gasteiger partial charge is 0.475 e. The van der Waals surface area contributed by atoms with E-state index in [1.54, 1.807) is 17.0 Å². The SMILES string of the molecule is CC(C)Oc1ccc(C(=O)N2CCN(C(=O)c3ccc(C(F)(F)F)cc3)CC2)cn1. The summed E-state index contributed by atoms with van der Waals surface area (Å²) in [5, 5.41) is 0. The van der Waals surface area contributed by atoms with Crippen molar-refractivity contribution in [2.45, 2.75) is 26.1 Å². The topological polar surface area (TPSA) is 62.7 Å². The molecule has 0 atom stereocenters. The van der Waals surface area contributed by atoms with Gasteiger partial charge in [-0.25, -0.2) is 4.98 Å². The van der Waals surface area contributed by atoms with Gasteiger partial charge in [0.05, 0.1) is 17.2 Å². The van der Waals surface area contributed by atoms with Gasteiger partial charge in [0.15, 0.2) is 0 Å². The Morgan fingerprint density at radius 2 is 1.40 bits per heavy atom. The molecule has 1 fully saturated rings. The van der Waals surface area contributed by atoms with Crippen molar-refractivity contribution in [1.29, 1.82) is 0 Å². The first-order chi connectivity index (χ1) is 14.1. The number of piperazine rings is 1. The highest BCUT2D eigenvalue weighted by molar-refractivity contribution is 5.95. The number of rotatable bonds is 4. The van der Waals surface area contributed by atoms with E-state index in [4.69, 9.17) is 4.74 Å². The van der Waals surface area contributed by atoms with Gasteiger partial charge in [0.25, 0.3) is 11.8 Å². The highest BCUT2D eigenvalue weighted by Crippen LogP contribution is 2.29. The van der Waals surface area contributed by atoms with Crippen LogP contribution in [0.1, 0.15) is 40.1 Å². The number of ether oxygens (including phenoxy) is 1. The molecule has 0 bridgehead atoms. The van der Waals surface area contributed by atoms with Crippen molar-refractivity contribution < 1.29 is 27.5 Å². The van der Waals surface area contributed by atoms with E-state index >= 15 is 0 Å². The van der Waals surface area contributed by atoms with Crippen LogP contribution in [0, 0.1) is 0 Å². The quantitative estimate of drug-likeness (QED) is 0.758.